The van der Waals surface area contributed by atoms with E-state index in [0.717, 1.165) is 32.5 Å². The van der Waals surface area contributed by atoms with Crippen molar-refractivity contribution in [1.29, 1.82) is 0 Å². The van der Waals surface area contributed by atoms with Crippen molar-refractivity contribution in [2.75, 3.05) is 19.6 Å². The standard InChI is InChI=1S/C13H28N2O/c1-11(2)10-14-9-7-13(3,16)12-6-4-5-8-15-12/h11-12,14-16H,4-10H2,1-3H3. The first-order valence-corrected chi connectivity index (χ1v) is 6.69. The van der Waals surface area contributed by atoms with Crippen LogP contribution in [0.25, 0.3) is 0 Å². The quantitative estimate of drug-likeness (QED) is 0.604. The van der Waals surface area contributed by atoms with Gasteiger partial charge in [-0.1, -0.05) is 20.3 Å². The molecule has 0 aromatic rings. The molecule has 1 aliphatic heterocycles. The molecule has 0 bridgehead atoms. The number of nitrogens with one attached hydrogen (secondary N) is 2. The lowest BCUT2D eigenvalue weighted by atomic mass is 9.87. The molecule has 2 unspecified atom stereocenters. The predicted molar refractivity (Wildman–Crippen MR) is 68.6 cm³/mol. The Labute approximate surface area is 100 Å². The highest BCUT2D eigenvalue weighted by atomic mass is 16.3. The fraction of sp³-hybridized carbons (Fsp3) is 1.00. The second kappa shape index (κ2) is 6.58. The van der Waals surface area contributed by atoms with Crippen molar-refractivity contribution < 1.29 is 5.11 Å². The van der Waals surface area contributed by atoms with Gasteiger partial charge in [0, 0.05) is 6.04 Å². The lowest BCUT2D eigenvalue weighted by Gasteiger charge is -2.36. The molecule has 1 rings (SSSR count). The van der Waals surface area contributed by atoms with Crippen LogP contribution >= 0.6 is 0 Å². The molecule has 0 spiro atoms. The summed E-state index contributed by atoms with van der Waals surface area (Å²) in [5.74, 6) is 0.678. The highest BCUT2D eigenvalue weighted by Crippen LogP contribution is 2.21. The predicted octanol–water partition coefficient (Wildman–Crippen LogP) is 1.52. The molecule has 0 amide bonds. The zero-order chi connectivity index (χ0) is 12.0. The molecule has 0 radical (unpaired) electrons. The molecule has 3 N–H and O–H groups in total. The van der Waals surface area contributed by atoms with Gasteiger partial charge in [0.25, 0.3) is 0 Å². The Kier molecular flexibility index (Phi) is 5.73. The van der Waals surface area contributed by atoms with Crippen molar-refractivity contribution in [2.24, 2.45) is 5.92 Å². The van der Waals surface area contributed by atoms with Crippen LogP contribution in [0.5, 0.6) is 0 Å². The summed E-state index contributed by atoms with van der Waals surface area (Å²) < 4.78 is 0. The molecular weight excluding hydrogens is 200 g/mol. The maximum atomic E-state index is 10.4. The topological polar surface area (TPSA) is 44.3 Å². The smallest absolute Gasteiger partial charge is 0.0784 e. The van der Waals surface area contributed by atoms with Crippen LogP contribution in [0.3, 0.4) is 0 Å². The molecule has 0 saturated carbocycles. The summed E-state index contributed by atoms with van der Waals surface area (Å²) in [7, 11) is 0. The van der Waals surface area contributed by atoms with E-state index in [1.807, 2.05) is 6.92 Å². The first kappa shape index (κ1) is 13.9. The number of hydrogen-bond acceptors (Lipinski definition) is 3. The van der Waals surface area contributed by atoms with Crippen LogP contribution in [0.2, 0.25) is 0 Å². The number of hydrogen-bond donors (Lipinski definition) is 3. The summed E-state index contributed by atoms with van der Waals surface area (Å²) in [6, 6.07) is 0.280. The van der Waals surface area contributed by atoms with Crippen molar-refractivity contribution in [3.05, 3.63) is 0 Å². The van der Waals surface area contributed by atoms with Crippen molar-refractivity contribution >= 4 is 0 Å². The van der Waals surface area contributed by atoms with Gasteiger partial charge in [-0.15, -0.1) is 0 Å². The van der Waals surface area contributed by atoms with Gasteiger partial charge in [0.1, 0.15) is 0 Å². The number of aliphatic hydroxyl groups is 1. The van der Waals surface area contributed by atoms with Crippen LogP contribution in [0.4, 0.5) is 0 Å². The average Bonchev–Trinajstić information content (AvgIpc) is 2.26. The van der Waals surface area contributed by atoms with Crippen molar-refractivity contribution in [1.82, 2.24) is 10.6 Å². The third kappa shape index (κ3) is 4.81. The molecule has 16 heavy (non-hydrogen) atoms. The van der Waals surface area contributed by atoms with Crippen molar-refractivity contribution in [3.8, 4) is 0 Å². The molecule has 1 aliphatic rings. The lowest BCUT2D eigenvalue weighted by Crippen LogP contribution is -2.52. The van der Waals surface area contributed by atoms with Crippen LogP contribution < -0.4 is 10.6 Å². The van der Waals surface area contributed by atoms with E-state index in [0.29, 0.717) is 5.92 Å². The molecule has 96 valence electrons. The Morgan fingerprint density at radius 1 is 1.44 bits per heavy atom. The minimum atomic E-state index is -0.565. The first-order chi connectivity index (χ1) is 7.52. The Morgan fingerprint density at radius 3 is 2.75 bits per heavy atom. The minimum absolute atomic E-state index is 0.280. The van der Waals surface area contributed by atoms with Gasteiger partial charge in [-0.05, 0) is 51.7 Å². The molecule has 1 saturated heterocycles. The van der Waals surface area contributed by atoms with Gasteiger partial charge < -0.3 is 15.7 Å². The third-order valence-corrected chi connectivity index (χ3v) is 3.42. The largest absolute Gasteiger partial charge is 0.389 e. The summed E-state index contributed by atoms with van der Waals surface area (Å²) in [6.45, 7) is 9.37. The van der Waals surface area contributed by atoms with E-state index in [9.17, 15) is 5.11 Å². The Balaban J connectivity index is 2.21. The fourth-order valence-corrected chi connectivity index (χ4v) is 2.29. The van der Waals surface area contributed by atoms with Crippen LogP contribution in [-0.2, 0) is 0 Å². The molecule has 3 heteroatoms. The molecule has 1 fully saturated rings. The van der Waals surface area contributed by atoms with Crippen LogP contribution in [0, 0.1) is 5.92 Å². The van der Waals surface area contributed by atoms with E-state index in [-0.39, 0.29) is 6.04 Å². The molecule has 0 aliphatic carbocycles. The molecule has 0 aromatic heterocycles. The molecule has 2 atom stereocenters. The lowest BCUT2D eigenvalue weighted by molar-refractivity contribution is 0.00274. The maximum Gasteiger partial charge on any atom is 0.0784 e. The van der Waals surface area contributed by atoms with Crippen LogP contribution in [0.15, 0.2) is 0 Å². The highest BCUT2D eigenvalue weighted by molar-refractivity contribution is 4.90. The van der Waals surface area contributed by atoms with Crippen LogP contribution in [-0.4, -0.2) is 36.4 Å². The Morgan fingerprint density at radius 2 is 2.19 bits per heavy atom. The Bertz CT molecular complexity index is 186. The Hall–Kier alpha value is -0.120. The number of piperidine rings is 1. The van der Waals surface area contributed by atoms with Gasteiger partial charge in [-0.3, -0.25) is 0 Å². The summed E-state index contributed by atoms with van der Waals surface area (Å²) in [5.41, 5.74) is -0.565. The second-order valence-corrected chi connectivity index (χ2v) is 5.71. The second-order valence-electron chi connectivity index (χ2n) is 5.71. The van der Waals surface area contributed by atoms with E-state index in [2.05, 4.69) is 24.5 Å². The van der Waals surface area contributed by atoms with E-state index in [1.54, 1.807) is 0 Å². The average molecular weight is 228 g/mol. The third-order valence-electron chi connectivity index (χ3n) is 3.42. The number of rotatable bonds is 6. The van der Waals surface area contributed by atoms with Crippen molar-refractivity contribution in [2.45, 2.75) is 58.1 Å². The normalized spacial score (nSPS) is 25.7. The van der Waals surface area contributed by atoms with Gasteiger partial charge in [-0.25, -0.2) is 0 Å². The monoisotopic (exact) mass is 228 g/mol. The van der Waals surface area contributed by atoms with Crippen molar-refractivity contribution in [3.63, 3.8) is 0 Å². The van der Waals surface area contributed by atoms with E-state index in [4.69, 9.17) is 0 Å². The first-order valence-electron chi connectivity index (χ1n) is 6.69. The zero-order valence-electron chi connectivity index (χ0n) is 11.1. The minimum Gasteiger partial charge on any atom is -0.389 e. The van der Waals surface area contributed by atoms with Gasteiger partial charge in [-0.2, -0.15) is 0 Å². The highest BCUT2D eigenvalue weighted by Gasteiger charge is 2.31. The zero-order valence-corrected chi connectivity index (χ0v) is 11.1. The van der Waals surface area contributed by atoms with E-state index in [1.165, 1.54) is 12.8 Å². The molecular formula is C13H28N2O. The SMILES string of the molecule is CC(C)CNCCC(C)(O)C1CCCCN1. The molecule has 0 aromatic carbocycles. The van der Waals surface area contributed by atoms with Gasteiger partial charge in [0.15, 0.2) is 0 Å². The van der Waals surface area contributed by atoms with Gasteiger partial charge in [0.2, 0.25) is 0 Å². The van der Waals surface area contributed by atoms with E-state index < -0.39 is 5.60 Å². The van der Waals surface area contributed by atoms with Gasteiger partial charge in [0.05, 0.1) is 5.60 Å². The van der Waals surface area contributed by atoms with Gasteiger partial charge >= 0.3 is 0 Å². The molecule has 1 heterocycles. The van der Waals surface area contributed by atoms with Crippen LogP contribution in [0.1, 0.15) is 46.5 Å². The maximum absolute atomic E-state index is 10.4. The summed E-state index contributed by atoms with van der Waals surface area (Å²) in [5, 5.41) is 17.2. The fourth-order valence-electron chi connectivity index (χ4n) is 2.29. The summed E-state index contributed by atoms with van der Waals surface area (Å²) in [6.07, 6.45) is 4.43. The summed E-state index contributed by atoms with van der Waals surface area (Å²) >= 11 is 0. The summed E-state index contributed by atoms with van der Waals surface area (Å²) in [4.78, 5) is 0. The van der Waals surface area contributed by atoms with E-state index >= 15 is 0 Å². The molecule has 3 nitrogen and oxygen atoms in total.